The Hall–Kier alpha value is -2.41. The lowest BCUT2D eigenvalue weighted by Crippen LogP contribution is -2.45. The zero-order valence-corrected chi connectivity index (χ0v) is 15.0. The molecule has 2 aliphatic heterocycles. The first-order valence-corrected chi connectivity index (χ1v) is 9.17. The quantitative estimate of drug-likeness (QED) is 0.887. The Labute approximate surface area is 152 Å². The highest BCUT2D eigenvalue weighted by Crippen LogP contribution is 2.30. The van der Waals surface area contributed by atoms with Crippen molar-refractivity contribution in [3.05, 3.63) is 41.5 Å². The van der Waals surface area contributed by atoms with Crippen LogP contribution in [0, 0.1) is 5.92 Å². The Kier molecular flexibility index (Phi) is 4.63. The van der Waals surface area contributed by atoms with Crippen molar-refractivity contribution >= 4 is 5.91 Å². The summed E-state index contributed by atoms with van der Waals surface area (Å²) in [5.74, 6) is 2.90. The molecule has 0 radical (unpaired) electrons. The fourth-order valence-electron chi connectivity index (χ4n) is 3.85. The molecule has 0 unspecified atom stereocenters. The van der Waals surface area contributed by atoms with Gasteiger partial charge in [0.05, 0.1) is 0 Å². The van der Waals surface area contributed by atoms with Crippen LogP contribution < -0.4 is 4.74 Å². The average Bonchev–Trinajstić information content (AvgIpc) is 3.25. The number of para-hydroxylation sites is 1. The largest absolute Gasteiger partial charge is 0.480 e. The monoisotopic (exact) mass is 356 g/mol. The van der Waals surface area contributed by atoms with Crippen LogP contribution in [0.2, 0.25) is 0 Å². The molecular weight excluding hydrogens is 332 g/mol. The molecule has 1 saturated heterocycles. The van der Waals surface area contributed by atoms with Crippen LogP contribution in [-0.2, 0) is 31.3 Å². The third kappa shape index (κ3) is 3.19. The molecule has 2 aromatic rings. The Morgan fingerprint density at radius 1 is 1.23 bits per heavy atom. The highest BCUT2D eigenvalue weighted by Gasteiger charge is 2.34. The summed E-state index contributed by atoms with van der Waals surface area (Å²) >= 11 is 0. The molecule has 7 nitrogen and oxygen atoms in total. The van der Waals surface area contributed by atoms with E-state index < -0.39 is 0 Å². The number of fused-ring (bicyclic) bond motifs is 1. The zero-order valence-electron chi connectivity index (χ0n) is 15.0. The maximum Gasteiger partial charge on any atom is 0.263 e. The van der Waals surface area contributed by atoms with E-state index in [1.54, 1.807) is 0 Å². The number of piperidine rings is 1. The van der Waals surface area contributed by atoms with Gasteiger partial charge in [-0.2, -0.15) is 0 Å². The summed E-state index contributed by atoms with van der Waals surface area (Å²) in [5.41, 5.74) is 1.11. The van der Waals surface area contributed by atoms with Crippen LogP contribution in [0.1, 0.15) is 30.1 Å². The smallest absolute Gasteiger partial charge is 0.263 e. The van der Waals surface area contributed by atoms with Gasteiger partial charge in [0.2, 0.25) is 0 Å². The zero-order chi connectivity index (χ0) is 18.1. The van der Waals surface area contributed by atoms with Crippen LogP contribution in [0.25, 0.3) is 0 Å². The van der Waals surface area contributed by atoms with Crippen LogP contribution in [0.15, 0.2) is 24.3 Å². The molecule has 4 rings (SSSR count). The highest BCUT2D eigenvalue weighted by molar-refractivity contribution is 5.82. The molecule has 0 bridgehead atoms. The SMILES string of the molecule is Cn1c(CO)nnc1CC1CCN(C(=O)[C@H]2Cc3ccccc3O2)CC1. The van der Waals surface area contributed by atoms with E-state index in [2.05, 4.69) is 10.2 Å². The molecule has 1 amide bonds. The van der Waals surface area contributed by atoms with E-state index in [4.69, 9.17) is 4.74 Å². The van der Waals surface area contributed by atoms with Gasteiger partial charge in [-0.15, -0.1) is 10.2 Å². The average molecular weight is 356 g/mol. The maximum absolute atomic E-state index is 12.8. The van der Waals surface area contributed by atoms with Crippen molar-refractivity contribution in [3.63, 3.8) is 0 Å². The van der Waals surface area contributed by atoms with Gasteiger partial charge in [0, 0.05) is 33.0 Å². The van der Waals surface area contributed by atoms with Crippen molar-refractivity contribution in [2.24, 2.45) is 13.0 Å². The summed E-state index contributed by atoms with van der Waals surface area (Å²) in [4.78, 5) is 14.7. The van der Waals surface area contributed by atoms with Gasteiger partial charge in [-0.25, -0.2) is 0 Å². The number of hydrogen-bond donors (Lipinski definition) is 1. The summed E-state index contributed by atoms with van der Waals surface area (Å²) in [6, 6.07) is 7.87. The Bertz CT molecular complexity index is 771. The Balaban J connectivity index is 1.31. The third-order valence-corrected chi connectivity index (χ3v) is 5.52. The first-order valence-electron chi connectivity index (χ1n) is 9.17. The molecule has 0 aliphatic carbocycles. The second-order valence-corrected chi connectivity index (χ2v) is 7.14. The Morgan fingerprint density at radius 2 is 1.96 bits per heavy atom. The molecule has 2 aliphatic rings. The number of carbonyl (C=O) groups excluding carboxylic acids is 1. The van der Waals surface area contributed by atoms with E-state index >= 15 is 0 Å². The number of carbonyl (C=O) groups is 1. The molecule has 1 atom stereocenters. The summed E-state index contributed by atoms with van der Waals surface area (Å²) in [5, 5.41) is 17.4. The van der Waals surface area contributed by atoms with Gasteiger partial charge in [-0.1, -0.05) is 18.2 Å². The molecule has 1 aromatic carbocycles. The van der Waals surface area contributed by atoms with Crippen molar-refractivity contribution < 1.29 is 14.6 Å². The van der Waals surface area contributed by atoms with Crippen LogP contribution in [0.5, 0.6) is 5.75 Å². The first-order chi connectivity index (χ1) is 12.7. The van der Waals surface area contributed by atoms with Gasteiger partial charge in [0.25, 0.3) is 5.91 Å². The van der Waals surface area contributed by atoms with Gasteiger partial charge in [-0.3, -0.25) is 4.79 Å². The van der Waals surface area contributed by atoms with Gasteiger partial charge < -0.3 is 19.3 Å². The van der Waals surface area contributed by atoms with E-state index in [9.17, 15) is 9.90 Å². The number of benzene rings is 1. The van der Waals surface area contributed by atoms with Gasteiger partial charge in [0.1, 0.15) is 18.2 Å². The van der Waals surface area contributed by atoms with Crippen LogP contribution in [0.4, 0.5) is 0 Å². The molecule has 3 heterocycles. The van der Waals surface area contributed by atoms with Gasteiger partial charge in [0.15, 0.2) is 11.9 Å². The predicted molar refractivity (Wildman–Crippen MR) is 94.5 cm³/mol. The highest BCUT2D eigenvalue weighted by atomic mass is 16.5. The number of hydrogen-bond acceptors (Lipinski definition) is 5. The minimum atomic E-state index is -0.380. The van der Waals surface area contributed by atoms with Crippen molar-refractivity contribution in [1.29, 1.82) is 0 Å². The standard InChI is InChI=1S/C19H24N4O3/c1-22-17(20-21-18(22)12-24)10-13-6-8-23(9-7-13)19(25)16-11-14-4-2-3-5-15(14)26-16/h2-5,13,16,24H,6-12H2,1H3/t16-/m1/s1. The molecule has 1 aromatic heterocycles. The Morgan fingerprint density at radius 3 is 2.65 bits per heavy atom. The summed E-state index contributed by atoms with van der Waals surface area (Å²) in [7, 11) is 1.88. The molecule has 1 fully saturated rings. The van der Waals surface area contributed by atoms with Crippen molar-refractivity contribution in [1.82, 2.24) is 19.7 Å². The van der Waals surface area contributed by atoms with Crippen molar-refractivity contribution in [3.8, 4) is 5.75 Å². The lowest BCUT2D eigenvalue weighted by molar-refractivity contribution is -0.139. The molecule has 0 saturated carbocycles. The third-order valence-electron chi connectivity index (χ3n) is 5.52. The molecule has 0 spiro atoms. The second-order valence-electron chi connectivity index (χ2n) is 7.14. The van der Waals surface area contributed by atoms with E-state index in [0.717, 1.165) is 49.5 Å². The topological polar surface area (TPSA) is 80.5 Å². The lowest BCUT2D eigenvalue weighted by Gasteiger charge is -2.33. The van der Waals surface area contributed by atoms with E-state index in [0.29, 0.717) is 18.2 Å². The maximum atomic E-state index is 12.8. The predicted octanol–water partition coefficient (Wildman–Crippen LogP) is 1.09. The number of amides is 1. The number of rotatable bonds is 4. The molecular formula is C19H24N4O3. The van der Waals surface area contributed by atoms with E-state index in [1.807, 2.05) is 40.8 Å². The number of aromatic nitrogens is 3. The van der Waals surface area contributed by atoms with Gasteiger partial charge in [-0.05, 0) is 30.4 Å². The van der Waals surface area contributed by atoms with Gasteiger partial charge >= 0.3 is 0 Å². The minimum absolute atomic E-state index is 0.0970. The summed E-state index contributed by atoms with van der Waals surface area (Å²) < 4.78 is 7.70. The number of aliphatic hydroxyl groups excluding tert-OH is 1. The number of nitrogens with zero attached hydrogens (tertiary/aromatic N) is 4. The van der Waals surface area contributed by atoms with E-state index in [-0.39, 0.29) is 18.6 Å². The number of likely N-dealkylation sites (tertiary alicyclic amines) is 1. The number of ether oxygens (including phenoxy) is 1. The van der Waals surface area contributed by atoms with Crippen LogP contribution in [-0.4, -0.2) is 49.9 Å². The minimum Gasteiger partial charge on any atom is -0.480 e. The fraction of sp³-hybridized carbons (Fsp3) is 0.526. The van der Waals surface area contributed by atoms with Crippen molar-refractivity contribution in [2.75, 3.05) is 13.1 Å². The number of aliphatic hydroxyl groups is 1. The van der Waals surface area contributed by atoms with Crippen LogP contribution >= 0.6 is 0 Å². The molecule has 7 heteroatoms. The lowest BCUT2D eigenvalue weighted by atomic mass is 9.93. The summed E-state index contributed by atoms with van der Waals surface area (Å²) in [6.45, 7) is 1.41. The molecule has 26 heavy (non-hydrogen) atoms. The van der Waals surface area contributed by atoms with E-state index in [1.165, 1.54) is 0 Å². The molecule has 1 N–H and O–H groups in total. The molecule has 138 valence electrons. The first kappa shape index (κ1) is 17.0. The normalized spacial score (nSPS) is 20.1. The second kappa shape index (κ2) is 7.07. The summed E-state index contributed by atoms with van der Waals surface area (Å²) in [6.07, 6.45) is 3.02. The fourth-order valence-corrected chi connectivity index (χ4v) is 3.85. The van der Waals surface area contributed by atoms with Crippen LogP contribution in [0.3, 0.4) is 0 Å². The van der Waals surface area contributed by atoms with Crippen molar-refractivity contribution in [2.45, 2.75) is 38.4 Å².